The lowest BCUT2D eigenvalue weighted by atomic mass is 10.0. The largest absolute Gasteiger partial charge is 0.310 e. The van der Waals surface area contributed by atoms with Crippen molar-refractivity contribution in [3.63, 3.8) is 0 Å². The molecule has 17 heavy (non-hydrogen) atoms. The Hall–Kier alpha value is -0.890. The van der Waals surface area contributed by atoms with Crippen molar-refractivity contribution >= 4 is 0 Å². The first-order chi connectivity index (χ1) is 8.38. The zero-order chi connectivity index (χ0) is 12.3. The van der Waals surface area contributed by atoms with E-state index in [0.29, 0.717) is 6.04 Å². The van der Waals surface area contributed by atoms with Crippen LogP contribution in [0.4, 0.5) is 0 Å². The summed E-state index contributed by atoms with van der Waals surface area (Å²) < 4.78 is 0. The number of hydrogen-bond acceptors (Lipinski definition) is 2. The zero-order valence-corrected chi connectivity index (χ0v) is 11.3. The third-order valence-corrected chi connectivity index (χ3v) is 3.13. The van der Waals surface area contributed by atoms with E-state index in [4.69, 9.17) is 0 Å². The van der Waals surface area contributed by atoms with Crippen molar-refractivity contribution in [3.05, 3.63) is 30.1 Å². The maximum absolute atomic E-state index is 4.21. The Balaban J connectivity index is 2.33. The molecule has 1 N–H and O–H groups in total. The highest BCUT2D eigenvalue weighted by Gasteiger charge is 2.09. The number of nitrogens with zero attached hydrogens (tertiary/aromatic N) is 1. The van der Waals surface area contributed by atoms with Gasteiger partial charge in [-0.3, -0.25) is 4.98 Å². The van der Waals surface area contributed by atoms with Gasteiger partial charge in [-0.1, -0.05) is 52.0 Å². The fourth-order valence-electron chi connectivity index (χ4n) is 2.17. The van der Waals surface area contributed by atoms with E-state index in [-0.39, 0.29) is 0 Å². The lowest BCUT2D eigenvalue weighted by molar-refractivity contribution is 0.478. The van der Waals surface area contributed by atoms with E-state index in [2.05, 4.69) is 30.2 Å². The lowest BCUT2D eigenvalue weighted by Crippen LogP contribution is -2.20. The molecule has 0 aliphatic rings. The fraction of sp³-hybridized carbons (Fsp3) is 0.667. The van der Waals surface area contributed by atoms with Crippen molar-refractivity contribution in [2.24, 2.45) is 0 Å². The van der Waals surface area contributed by atoms with Gasteiger partial charge in [0.05, 0.1) is 0 Å². The van der Waals surface area contributed by atoms with Gasteiger partial charge >= 0.3 is 0 Å². The van der Waals surface area contributed by atoms with Gasteiger partial charge in [-0.2, -0.15) is 0 Å². The van der Waals surface area contributed by atoms with Gasteiger partial charge in [-0.05, 0) is 24.6 Å². The van der Waals surface area contributed by atoms with Crippen LogP contribution >= 0.6 is 0 Å². The predicted octanol–water partition coefficient (Wildman–Crippen LogP) is 4.09. The van der Waals surface area contributed by atoms with Crippen LogP contribution in [0.1, 0.15) is 64.0 Å². The molecule has 1 rings (SSSR count). The van der Waals surface area contributed by atoms with Crippen LogP contribution in [0, 0.1) is 0 Å². The summed E-state index contributed by atoms with van der Waals surface area (Å²) in [7, 11) is 0. The number of nitrogens with one attached hydrogen (secondary N) is 1. The highest BCUT2D eigenvalue weighted by atomic mass is 14.9. The summed E-state index contributed by atoms with van der Waals surface area (Å²) in [5, 5.41) is 3.55. The van der Waals surface area contributed by atoms with Crippen LogP contribution in [-0.2, 0) is 0 Å². The third-order valence-electron chi connectivity index (χ3n) is 3.13. The standard InChI is InChI=1S/C15H26N2/c1-3-5-6-7-8-11-15(17-4-2)14-10-9-12-16-13-14/h9-10,12-13,15,17H,3-8,11H2,1-2H3. The Kier molecular flexibility index (Phi) is 7.65. The molecule has 0 aliphatic heterocycles. The van der Waals surface area contributed by atoms with Crippen LogP contribution < -0.4 is 5.32 Å². The second kappa shape index (κ2) is 9.17. The van der Waals surface area contributed by atoms with E-state index in [1.54, 1.807) is 0 Å². The molecule has 1 aromatic heterocycles. The van der Waals surface area contributed by atoms with E-state index in [1.807, 2.05) is 18.5 Å². The smallest absolute Gasteiger partial charge is 0.0335 e. The molecule has 0 saturated heterocycles. The molecule has 0 bridgehead atoms. The van der Waals surface area contributed by atoms with Crippen LogP contribution in [-0.4, -0.2) is 11.5 Å². The van der Waals surface area contributed by atoms with Gasteiger partial charge in [-0.25, -0.2) is 0 Å². The molecule has 2 heteroatoms. The average molecular weight is 234 g/mol. The molecule has 1 atom stereocenters. The Morgan fingerprint density at radius 3 is 2.65 bits per heavy atom. The summed E-state index contributed by atoms with van der Waals surface area (Å²) in [6.45, 7) is 5.45. The maximum atomic E-state index is 4.21. The summed E-state index contributed by atoms with van der Waals surface area (Å²) >= 11 is 0. The first-order valence-corrected chi connectivity index (χ1v) is 7.01. The molecule has 1 heterocycles. The van der Waals surface area contributed by atoms with E-state index >= 15 is 0 Å². The number of hydrogen-bond donors (Lipinski definition) is 1. The molecular formula is C15H26N2. The molecule has 0 saturated carbocycles. The van der Waals surface area contributed by atoms with Gasteiger partial charge < -0.3 is 5.32 Å². The summed E-state index contributed by atoms with van der Waals surface area (Å²) in [6.07, 6.45) is 11.8. The van der Waals surface area contributed by atoms with E-state index < -0.39 is 0 Å². The SMILES string of the molecule is CCCCCCCC(NCC)c1cccnc1. The van der Waals surface area contributed by atoms with Gasteiger partial charge in [0.15, 0.2) is 0 Å². The topological polar surface area (TPSA) is 24.9 Å². The summed E-state index contributed by atoms with van der Waals surface area (Å²) in [6, 6.07) is 4.68. The van der Waals surface area contributed by atoms with Crippen LogP contribution in [0.15, 0.2) is 24.5 Å². The minimum Gasteiger partial charge on any atom is -0.310 e. The van der Waals surface area contributed by atoms with Gasteiger partial charge in [-0.15, -0.1) is 0 Å². The van der Waals surface area contributed by atoms with Gasteiger partial charge in [0.25, 0.3) is 0 Å². The molecule has 2 nitrogen and oxygen atoms in total. The Labute approximate surface area is 106 Å². The highest BCUT2D eigenvalue weighted by Crippen LogP contribution is 2.19. The Morgan fingerprint density at radius 2 is 2.00 bits per heavy atom. The quantitative estimate of drug-likeness (QED) is 0.651. The number of unbranched alkanes of at least 4 members (excludes halogenated alkanes) is 4. The number of rotatable bonds is 9. The molecule has 0 amide bonds. The van der Waals surface area contributed by atoms with Crippen LogP contribution in [0.5, 0.6) is 0 Å². The Bertz CT molecular complexity index is 272. The fourth-order valence-corrected chi connectivity index (χ4v) is 2.17. The first-order valence-electron chi connectivity index (χ1n) is 7.01. The van der Waals surface area contributed by atoms with Crippen molar-refractivity contribution in [2.75, 3.05) is 6.54 Å². The molecule has 0 aliphatic carbocycles. The number of pyridine rings is 1. The average Bonchev–Trinajstić information content (AvgIpc) is 2.38. The van der Waals surface area contributed by atoms with Crippen LogP contribution in [0.2, 0.25) is 0 Å². The molecule has 96 valence electrons. The second-order valence-corrected chi connectivity index (χ2v) is 4.60. The van der Waals surface area contributed by atoms with Crippen molar-refractivity contribution in [2.45, 2.75) is 58.4 Å². The minimum atomic E-state index is 0.482. The lowest BCUT2D eigenvalue weighted by Gasteiger charge is -2.17. The molecule has 1 unspecified atom stereocenters. The Morgan fingerprint density at radius 1 is 1.18 bits per heavy atom. The predicted molar refractivity (Wildman–Crippen MR) is 74.0 cm³/mol. The van der Waals surface area contributed by atoms with E-state index in [1.165, 1.54) is 44.1 Å². The van der Waals surface area contributed by atoms with Crippen LogP contribution in [0.25, 0.3) is 0 Å². The van der Waals surface area contributed by atoms with E-state index in [9.17, 15) is 0 Å². The van der Waals surface area contributed by atoms with Crippen molar-refractivity contribution in [3.8, 4) is 0 Å². The van der Waals surface area contributed by atoms with Crippen LogP contribution in [0.3, 0.4) is 0 Å². The number of aromatic nitrogens is 1. The van der Waals surface area contributed by atoms with Crippen molar-refractivity contribution in [1.29, 1.82) is 0 Å². The molecule has 1 aromatic rings. The minimum absolute atomic E-state index is 0.482. The van der Waals surface area contributed by atoms with E-state index in [0.717, 1.165) is 6.54 Å². The maximum Gasteiger partial charge on any atom is 0.0335 e. The molecule has 0 aromatic carbocycles. The van der Waals surface area contributed by atoms with Gasteiger partial charge in [0.2, 0.25) is 0 Å². The third kappa shape index (κ3) is 5.83. The highest BCUT2D eigenvalue weighted by molar-refractivity contribution is 5.13. The molecule has 0 radical (unpaired) electrons. The van der Waals surface area contributed by atoms with Gasteiger partial charge in [0.1, 0.15) is 0 Å². The summed E-state index contributed by atoms with van der Waals surface area (Å²) in [5.74, 6) is 0. The monoisotopic (exact) mass is 234 g/mol. The first kappa shape index (κ1) is 14.2. The summed E-state index contributed by atoms with van der Waals surface area (Å²) in [5.41, 5.74) is 1.32. The summed E-state index contributed by atoms with van der Waals surface area (Å²) in [4.78, 5) is 4.21. The second-order valence-electron chi connectivity index (χ2n) is 4.60. The van der Waals surface area contributed by atoms with Crippen molar-refractivity contribution < 1.29 is 0 Å². The molecular weight excluding hydrogens is 208 g/mol. The zero-order valence-electron chi connectivity index (χ0n) is 11.3. The normalized spacial score (nSPS) is 12.6. The van der Waals surface area contributed by atoms with Gasteiger partial charge in [0, 0.05) is 18.4 Å². The van der Waals surface area contributed by atoms with Crippen molar-refractivity contribution in [1.82, 2.24) is 10.3 Å². The molecule has 0 spiro atoms. The molecule has 0 fully saturated rings.